The fraction of sp³-hybridized carbons (Fsp3) is 0.235. The number of hydrogen-bond acceptors (Lipinski definition) is 3. The number of halogens is 1. The molecule has 0 saturated carbocycles. The molecule has 0 spiro atoms. The second-order valence-electron chi connectivity index (χ2n) is 5.31. The summed E-state index contributed by atoms with van der Waals surface area (Å²) in [5.41, 5.74) is 2.49. The summed E-state index contributed by atoms with van der Waals surface area (Å²) in [6.45, 7) is 0.652. The number of nitrogens with zero attached hydrogens (tertiary/aromatic N) is 1. The molecule has 1 fully saturated rings. The summed E-state index contributed by atoms with van der Waals surface area (Å²) in [6.07, 6.45) is 0.731. The van der Waals surface area contributed by atoms with E-state index in [2.05, 4.69) is 5.32 Å². The fourth-order valence-electron chi connectivity index (χ4n) is 2.67. The van der Waals surface area contributed by atoms with Crippen LogP contribution in [-0.4, -0.2) is 23.6 Å². The Kier molecular flexibility index (Phi) is 4.32. The maximum absolute atomic E-state index is 12.5. The van der Waals surface area contributed by atoms with Gasteiger partial charge in [0.1, 0.15) is 6.04 Å². The van der Waals surface area contributed by atoms with Gasteiger partial charge in [-0.05, 0) is 42.3 Å². The molecule has 1 amide bonds. The molecule has 0 radical (unpaired) electrons. The number of anilines is 2. The number of aliphatic hydroxyl groups excluding tert-OH is 1. The highest BCUT2D eigenvalue weighted by Gasteiger charge is 2.32. The minimum Gasteiger partial charge on any atom is -0.392 e. The van der Waals surface area contributed by atoms with Crippen LogP contribution in [0.25, 0.3) is 0 Å². The van der Waals surface area contributed by atoms with Crippen molar-refractivity contribution in [2.75, 3.05) is 16.8 Å². The minimum absolute atomic E-state index is 0.0111. The predicted molar refractivity (Wildman–Crippen MR) is 88.2 cm³/mol. The van der Waals surface area contributed by atoms with Crippen molar-refractivity contribution in [2.45, 2.75) is 19.1 Å². The summed E-state index contributed by atoms with van der Waals surface area (Å²) in [7, 11) is 0. The standard InChI is InChI=1S/C17H17ClN2O2/c18-13-4-2-6-15(10-13)20-8-7-16(17(20)22)19-14-5-1-3-12(9-14)11-21/h1-6,9-10,16,19,21H,7-8,11H2/t16-/m1/s1. The smallest absolute Gasteiger partial charge is 0.249 e. The van der Waals surface area contributed by atoms with Crippen molar-refractivity contribution in [1.82, 2.24) is 0 Å². The molecule has 2 aromatic rings. The molecule has 1 atom stereocenters. The number of amides is 1. The lowest BCUT2D eigenvalue weighted by molar-refractivity contribution is -0.117. The van der Waals surface area contributed by atoms with Crippen molar-refractivity contribution in [3.8, 4) is 0 Å². The molecule has 114 valence electrons. The van der Waals surface area contributed by atoms with Crippen molar-refractivity contribution >= 4 is 28.9 Å². The largest absolute Gasteiger partial charge is 0.392 e. The predicted octanol–water partition coefficient (Wildman–Crippen LogP) is 3.05. The van der Waals surface area contributed by atoms with Crippen molar-refractivity contribution < 1.29 is 9.90 Å². The molecule has 0 aromatic heterocycles. The normalized spacial score (nSPS) is 17.8. The van der Waals surface area contributed by atoms with E-state index in [4.69, 9.17) is 11.6 Å². The van der Waals surface area contributed by atoms with E-state index in [1.165, 1.54) is 0 Å². The zero-order chi connectivity index (χ0) is 15.5. The quantitative estimate of drug-likeness (QED) is 0.911. The zero-order valence-corrected chi connectivity index (χ0v) is 12.8. The van der Waals surface area contributed by atoms with Crippen molar-refractivity contribution in [3.63, 3.8) is 0 Å². The average molecular weight is 317 g/mol. The van der Waals surface area contributed by atoms with Crippen LogP contribution in [-0.2, 0) is 11.4 Å². The molecule has 22 heavy (non-hydrogen) atoms. The van der Waals surface area contributed by atoms with Crippen LogP contribution in [0.2, 0.25) is 5.02 Å². The highest BCUT2D eigenvalue weighted by molar-refractivity contribution is 6.31. The van der Waals surface area contributed by atoms with E-state index in [9.17, 15) is 9.90 Å². The van der Waals surface area contributed by atoms with Gasteiger partial charge in [0, 0.05) is 22.9 Å². The van der Waals surface area contributed by atoms with Crippen LogP contribution in [0, 0.1) is 0 Å². The monoisotopic (exact) mass is 316 g/mol. The third-order valence-corrected chi connectivity index (χ3v) is 4.01. The van der Waals surface area contributed by atoms with Crippen molar-refractivity contribution in [1.29, 1.82) is 0 Å². The molecule has 4 nitrogen and oxygen atoms in total. The Morgan fingerprint density at radius 3 is 2.82 bits per heavy atom. The van der Waals surface area contributed by atoms with Gasteiger partial charge in [0.15, 0.2) is 0 Å². The third kappa shape index (κ3) is 3.08. The van der Waals surface area contributed by atoms with E-state index >= 15 is 0 Å². The van der Waals surface area contributed by atoms with Crippen LogP contribution in [0.5, 0.6) is 0 Å². The summed E-state index contributed by atoms with van der Waals surface area (Å²) >= 11 is 5.99. The Morgan fingerprint density at radius 2 is 2.05 bits per heavy atom. The van der Waals surface area contributed by atoms with Gasteiger partial charge in [0.2, 0.25) is 5.91 Å². The first kappa shape index (κ1) is 14.9. The van der Waals surface area contributed by atoms with Gasteiger partial charge in [-0.2, -0.15) is 0 Å². The number of benzene rings is 2. The van der Waals surface area contributed by atoms with Crippen LogP contribution in [0.3, 0.4) is 0 Å². The van der Waals surface area contributed by atoms with E-state index in [0.29, 0.717) is 11.6 Å². The van der Waals surface area contributed by atoms with Crippen LogP contribution < -0.4 is 10.2 Å². The molecule has 0 bridgehead atoms. The Labute approximate surface area is 134 Å². The van der Waals surface area contributed by atoms with Gasteiger partial charge >= 0.3 is 0 Å². The first-order valence-corrected chi connectivity index (χ1v) is 7.58. The van der Waals surface area contributed by atoms with E-state index in [-0.39, 0.29) is 18.6 Å². The van der Waals surface area contributed by atoms with Crippen molar-refractivity contribution in [3.05, 3.63) is 59.1 Å². The molecule has 0 unspecified atom stereocenters. The maximum Gasteiger partial charge on any atom is 0.249 e. The fourth-order valence-corrected chi connectivity index (χ4v) is 2.86. The summed E-state index contributed by atoms with van der Waals surface area (Å²) in [6, 6.07) is 14.5. The Balaban J connectivity index is 1.73. The minimum atomic E-state index is -0.257. The highest BCUT2D eigenvalue weighted by atomic mass is 35.5. The third-order valence-electron chi connectivity index (χ3n) is 3.78. The average Bonchev–Trinajstić information content (AvgIpc) is 2.88. The lowest BCUT2D eigenvalue weighted by Crippen LogP contribution is -2.33. The molecule has 1 heterocycles. The second-order valence-corrected chi connectivity index (χ2v) is 5.75. The van der Waals surface area contributed by atoms with Crippen LogP contribution in [0.4, 0.5) is 11.4 Å². The number of carbonyl (C=O) groups excluding carboxylic acids is 1. The molecule has 1 saturated heterocycles. The lowest BCUT2D eigenvalue weighted by atomic mass is 10.2. The van der Waals surface area contributed by atoms with E-state index in [1.807, 2.05) is 36.4 Å². The number of carbonyl (C=O) groups is 1. The molecule has 3 rings (SSSR count). The molecule has 1 aliphatic heterocycles. The molecule has 1 aliphatic rings. The van der Waals surface area contributed by atoms with Gasteiger partial charge in [-0.3, -0.25) is 4.79 Å². The number of nitrogens with one attached hydrogen (secondary N) is 1. The number of hydrogen-bond donors (Lipinski definition) is 2. The van der Waals surface area contributed by atoms with E-state index < -0.39 is 0 Å². The zero-order valence-electron chi connectivity index (χ0n) is 12.0. The summed E-state index contributed by atoms with van der Waals surface area (Å²) in [5.74, 6) is 0.0386. The van der Waals surface area contributed by atoms with E-state index in [1.54, 1.807) is 17.0 Å². The molecule has 5 heteroatoms. The van der Waals surface area contributed by atoms with Gasteiger partial charge in [-0.15, -0.1) is 0 Å². The van der Waals surface area contributed by atoms with Crippen molar-refractivity contribution in [2.24, 2.45) is 0 Å². The topological polar surface area (TPSA) is 52.6 Å². The summed E-state index contributed by atoms with van der Waals surface area (Å²) in [5, 5.41) is 13.0. The summed E-state index contributed by atoms with van der Waals surface area (Å²) in [4.78, 5) is 14.3. The Morgan fingerprint density at radius 1 is 1.23 bits per heavy atom. The van der Waals surface area contributed by atoms with Gasteiger partial charge in [0.25, 0.3) is 0 Å². The molecule has 0 aliphatic carbocycles. The van der Waals surface area contributed by atoms with Gasteiger partial charge in [-0.25, -0.2) is 0 Å². The lowest BCUT2D eigenvalue weighted by Gasteiger charge is -2.18. The molecule has 2 aromatic carbocycles. The molecule has 2 N–H and O–H groups in total. The van der Waals surface area contributed by atoms with Gasteiger partial charge in [0.05, 0.1) is 6.61 Å². The van der Waals surface area contributed by atoms with Crippen LogP contribution in [0.15, 0.2) is 48.5 Å². The molecular weight excluding hydrogens is 300 g/mol. The van der Waals surface area contributed by atoms with Gasteiger partial charge in [-0.1, -0.05) is 29.8 Å². The number of aliphatic hydroxyl groups is 1. The van der Waals surface area contributed by atoms with Crippen LogP contribution >= 0.6 is 11.6 Å². The second kappa shape index (κ2) is 6.38. The maximum atomic E-state index is 12.5. The van der Waals surface area contributed by atoms with Crippen LogP contribution in [0.1, 0.15) is 12.0 Å². The molecular formula is C17H17ClN2O2. The first-order valence-electron chi connectivity index (χ1n) is 7.20. The summed E-state index contributed by atoms with van der Waals surface area (Å²) < 4.78 is 0. The number of rotatable bonds is 4. The van der Waals surface area contributed by atoms with Gasteiger partial charge < -0.3 is 15.3 Å². The van der Waals surface area contributed by atoms with E-state index in [0.717, 1.165) is 23.4 Å². The highest BCUT2D eigenvalue weighted by Crippen LogP contribution is 2.26. The SMILES string of the molecule is O=C1[C@H](Nc2cccc(CO)c2)CCN1c1cccc(Cl)c1. The Hall–Kier alpha value is -2.04. The Bertz CT molecular complexity index is 690. The first-order chi connectivity index (χ1) is 10.7.